The van der Waals surface area contributed by atoms with Crippen molar-refractivity contribution in [2.24, 2.45) is 0 Å². The first-order valence-electron chi connectivity index (χ1n) is 12.3. The summed E-state index contributed by atoms with van der Waals surface area (Å²) in [6.07, 6.45) is 0. The molecule has 0 fully saturated rings. The Morgan fingerprint density at radius 3 is 1.94 bits per heavy atom. The average Bonchev–Trinajstić information content (AvgIpc) is 2.86. The zero-order valence-electron chi connectivity index (χ0n) is 22.1. The van der Waals surface area contributed by atoms with Crippen molar-refractivity contribution in [1.29, 1.82) is 0 Å². The van der Waals surface area contributed by atoms with Gasteiger partial charge in [0.05, 0.1) is 0 Å². The highest BCUT2D eigenvalue weighted by Crippen LogP contribution is 2.37. The van der Waals surface area contributed by atoms with Gasteiger partial charge in [-0.05, 0) is 65.6 Å². The second-order valence-corrected chi connectivity index (χ2v) is 13.6. The fourth-order valence-electron chi connectivity index (χ4n) is 4.41. The molecule has 0 aromatic heterocycles. The molecular weight excluding hydrogens is 478 g/mol. The van der Waals surface area contributed by atoms with Crippen molar-refractivity contribution < 1.29 is 9.47 Å². The van der Waals surface area contributed by atoms with E-state index in [2.05, 4.69) is 126 Å². The molecule has 1 atom stereocenters. The number of hydrogen-bond acceptors (Lipinski definition) is 2. The van der Waals surface area contributed by atoms with E-state index in [0.29, 0.717) is 8.58 Å². The molecule has 0 spiro atoms. The molecule has 0 aliphatic rings. The summed E-state index contributed by atoms with van der Waals surface area (Å²) in [5.41, 5.74) is 3.77. The van der Waals surface area contributed by atoms with Crippen LogP contribution >= 0.6 is 16.5 Å². The molecule has 0 saturated heterocycles. The quantitative estimate of drug-likeness (QED) is 0.213. The van der Waals surface area contributed by atoms with Crippen LogP contribution in [0.4, 0.5) is 0 Å². The van der Waals surface area contributed by atoms with Crippen LogP contribution in [0.3, 0.4) is 0 Å². The van der Waals surface area contributed by atoms with Crippen LogP contribution in [0, 0.1) is 13.8 Å². The molecule has 0 radical (unpaired) electrons. The Kier molecular flexibility index (Phi) is 8.63. The van der Waals surface area contributed by atoms with Crippen LogP contribution in [0.15, 0.2) is 91.0 Å². The van der Waals surface area contributed by atoms with Gasteiger partial charge in [-0.3, -0.25) is 0 Å². The molecule has 2 nitrogen and oxygen atoms in total. The first kappa shape index (κ1) is 26.6. The summed E-state index contributed by atoms with van der Waals surface area (Å²) in [7, 11) is 1.46. The summed E-state index contributed by atoms with van der Waals surface area (Å²) in [5, 5.41) is 6.79. The lowest BCUT2D eigenvalue weighted by Crippen LogP contribution is -2.31. The highest BCUT2D eigenvalue weighted by Gasteiger charge is 2.25. The maximum absolute atomic E-state index is 6.27. The van der Waals surface area contributed by atoms with Gasteiger partial charge in [0, 0.05) is 18.0 Å². The third kappa shape index (κ3) is 6.07. The van der Waals surface area contributed by atoms with Crippen molar-refractivity contribution in [1.82, 2.24) is 0 Å². The van der Waals surface area contributed by atoms with Crippen molar-refractivity contribution in [3.05, 3.63) is 108 Å². The molecule has 4 heteroatoms. The number of methoxy groups -OCH3 is 1. The van der Waals surface area contributed by atoms with E-state index in [1.54, 1.807) is 7.11 Å². The summed E-state index contributed by atoms with van der Waals surface area (Å²) in [6, 6.07) is 33.2. The van der Waals surface area contributed by atoms with E-state index < -0.39 is 7.92 Å². The van der Waals surface area contributed by atoms with Gasteiger partial charge in [0.2, 0.25) is 0 Å². The van der Waals surface area contributed by atoms with E-state index in [1.807, 2.05) is 0 Å². The van der Waals surface area contributed by atoms with Gasteiger partial charge in [0.25, 0.3) is 0 Å². The molecule has 186 valence electrons. The molecule has 4 rings (SSSR count). The van der Waals surface area contributed by atoms with Gasteiger partial charge in [0.15, 0.2) is 6.79 Å². The van der Waals surface area contributed by atoms with Crippen LogP contribution in [-0.2, 0) is 10.2 Å². The monoisotopic (exact) mass is 514 g/mol. The minimum absolute atomic E-state index is 0.0381. The molecule has 0 amide bonds. The zero-order valence-corrected chi connectivity index (χ0v) is 24.0. The maximum Gasteiger partial charge on any atom is 0.188 e. The third-order valence-corrected chi connectivity index (χ3v) is 10.4. The summed E-state index contributed by atoms with van der Waals surface area (Å²) >= 11 is 0. The second kappa shape index (κ2) is 11.7. The van der Waals surface area contributed by atoms with Gasteiger partial charge < -0.3 is 9.47 Å². The fourth-order valence-corrected chi connectivity index (χ4v) is 8.73. The van der Waals surface area contributed by atoms with Crippen molar-refractivity contribution in [3.8, 4) is 5.75 Å². The van der Waals surface area contributed by atoms with E-state index in [1.165, 1.54) is 43.2 Å². The lowest BCUT2D eigenvalue weighted by molar-refractivity contribution is 0.0506. The van der Waals surface area contributed by atoms with Gasteiger partial charge >= 0.3 is 0 Å². The molecule has 0 aliphatic heterocycles. The van der Waals surface area contributed by atoms with E-state index in [4.69, 9.17) is 9.47 Å². The van der Waals surface area contributed by atoms with Crippen LogP contribution in [0.1, 0.15) is 37.5 Å². The van der Waals surface area contributed by atoms with Crippen LogP contribution in [0.5, 0.6) is 5.75 Å². The van der Waals surface area contributed by atoms with Crippen LogP contribution in [0.2, 0.25) is 0 Å². The summed E-state index contributed by atoms with van der Waals surface area (Å²) in [5.74, 6) is 0.964. The first-order valence-corrected chi connectivity index (χ1v) is 14.7. The van der Waals surface area contributed by atoms with Gasteiger partial charge in [-0.25, -0.2) is 0 Å². The minimum atomic E-state index is -0.696. The Balaban J connectivity index is 1.90. The van der Waals surface area contributed by atoms with Crippen molar-refractivity contribution in [3.63, 3.8) is 0 Å². The highest BCUT2D eigenvalue weighted by atomic mass is 31.1. The Morgan fingerprint density at radius 2 is 1.39 bits per heavy atom. The van der Waals surface area contributed by atoms with Crippen LogP contribution < -0.4 is 31.3 Å². The molecule has 4 aromatic rings. The summed E-state index contributed by atoms with van der Waals surface area (Å²) in [6.45, 7) is 11.4. The number of ether oxygens (including phenoxy) is 2. The Bertz CT molecular complexity index is 1260. The zero-order chi connectivity index (χ0) is 25.7. The standard InChI is InChI=1S/C32H36O2P2/c1-23-20-27(32(3,4)5)30(34-22-33-6)28(21-23)35-31-24(2)14-13-19-29(31)36(25-15-9-7-10-16-25)26-17-11-8-12-18-26/h7-21,35H,22H2,1-6H3. The normalized spacial score (nSPS) is 12.0. The lowest BCUT2D eigenvalue weighted by atomic mass is 9.85. The topological polar surface area (TPSA) is 18.5 Å². The SMILES string of the molecule is COCOc1c(Pc2c(C)cccc2P(c2ccccc2)c2ccccc2)cc(C)cc1C(C)(C)C. The molecule has 1 unspecified atom stereocenters. The van der Waals surface area contributed by atoms with Gasteiger partial charge in [-0.2, -0.15) is 0 Å². The molecule has 0 bridgehead atoms. The van der Waals surface area contributed by atoms with Gasteiger partial charge in [-0.1, -0.05) is 114 Å². The first-order chi connectivity index (χ1) is 17.3. The van der Waals surface area contributed by atoms with Crippen LogP contribution in [0.25, 0.3) is 0 Å². The lowest BCUT2D eigenvalue weighted by Gasteiger charge is -2.27. The number of aryl methyl sites for hydroxylation is 2. The van der Waals surface area contributed by atoms with E-state index in [9.17, 15) is 0 Å². The van der Waals surface area contributed by atoms with E-state index >= 15 is 0 Å². The van der Waals surface area contributed by atoms with Crippen molar-refractivity contribution in [2.45, 2.75) is 40.0 Å². The summed E-state index contributed by atoms with van der Waals surface area (Å²) < 4.78 is 11.6. The number of rotatable bonds is 8. The smallest absolute Gasteiger partial charge is 0.188 e. The maximum atomic E-state index is 6.27. The van der Waals surface area contributed by atoms with Crippen LogP contribution in [-0.4, -0.2) is 13.9 Å². The third-order valence-electron chi connectivity index (χ3n) is 6.14. The summed E-state index contributed by atoms with van der Waals surface area (Å²) in [4.78, 5) is 0. The number of hydrogen-bond donors (Lipinski definition) is 0. The minimum Gasteiger partial charge on any atom is -0.467 e. The Labute approximate surface area is 219 Å². The molecule has 36 heavy (non-hydrogen) atoms. The molecular formula is C32H36O2P2. The van der Waals surface area contributed by atoms with Gasteiger partial charge in [0.1, 0.15) is 5.75 Å². The number of benzene rings is 4. The predicted octanol–water partition coefficient (Wildman–Crippen LogP) is 5.97. The Hall–Kier alpha value is -2.50. The molecule has 0 heterocycles. The van der Waals surface area contributed by atoms with Gasteiger partial charge in [-0.15, -0.1) is 0 Å². The molecule has 0 saturated carbocycles. The fraction of sp³-hybridized carbons (Fsp3) is 0.250. The van der Waals surface area contributed by atoms with Crippen molar-refractivity contribution >= 4 is 43.0 Å². The molecule has 0 N–H and O–H groups in total. The molecule has 0 aliphatic carbocycles. The largest absolute Gasteiger partial charge is 0.467 e. The van der Waals surface area contributed by atoms with Crippen molar-refractivity contribution in [2.75, 3.05) is 13.9 Å². The molecule has 4 aromatic carbocycles. The van der Waals surface area contributed by atoms with E-state index in [0.717, 1.165) is 5.75 Å². The highest BCUT2D eigenvalue weighted by molar-refractivity contribution is 7.81. The Morgan fingerprint density at radius 1 is 0.778 bits per heavy atom. The van der Waals surface area contributed by atoms with E-state index in [-0.39, 0.29) is 12.2 Å². The average molecular weight is 515 g/mol. The predicted molar refractivity (Wildman–Crippen MR) is 160 cm³/mol. The second-order valence-electron chi connectivity index (χ2n) is 10.1.